The average molecular weight is 317 g/mol. The second-order valence-electron chi connectivity index (χ2n) is 4.24. The van der Waals surface area contributed by atoms with E-state index in [4.69, 9.17) is 32.0 Å². The average Bonchev–Trinajstić information content (AvgIpc) is 2.43. The molecule has 0 amide bonds. The number of carbonyl (C=O) groups excluding carboxylic acids is 1. The van der Waals surface area contributed by atoms with Crippen molar-refractivity contribution in [3.8, 4) is 0 Å². The zero-order chi connectivity index (χ0) is 16.3. The molecule has 1 rings (SSSR count). The molecule has 0 heterocycles. The molecular weight excluding hydrogens is 296 g/mol. The van der Waals surface area contributed by atoms with E-state index in [1.165, 1.54) is 6.07 Å². The smallest absolute Gasteiger partial charge is 0.339 e. The molecule has 1 unspecified atom stereocenters. The first kappa shape index (κ1) is 19.2. The summed E-state index contributed by atoms with van der Waals surface area (Å²) in [6.45, 7) is 4.88. The van der Waals surface area contributed by atoms with Crippen molar-refractivity contribution in [3.63, 3.8) is 0 Å². The van der Waals surface area contributed by atoms with Gasteiger partial charge in [0.1, 0.15) is 6.61 Å². The highest BCUT2D eigenvalue weighted by Gasteiger charge is 2.11. The summed E-state index contributed by atoms with van der Waals surface area (Å²) >= 11 is 5.91. The monoisotopic (exact) mass is 316 g/mol. The van der Waals surface area contributed by atoms with Gasteiger partial charge in [0.25, 0.3) is 6.47 Å². The lowest BCUT2D eigenvalue weighted by Crippen LogP contribution is -2.29. The van der Waals surface area contributed by atoms with E-state index in [1.807, 2.05) is 0 Å². The summed E-state index contributed by atoms with van der Waals surface area (Å²) in [6, 6.07) is 5.15. The molecule has 0 aliphatic heterocycles. The van der Waals surface area contributed by atoms with E-state index >= 15 is 0 Å². The topological polar surface area (TPSA) is 102 Å². The molecule has 0 fully saturated rings. The fraction of sp³-hybridized carbons (Fsp3) is 0.429. The lowest BCUT2D eigenvalue weighted by atomic mass is 10.2. The Morgan fingerprint density at radius 2 is 2.19 bits per heavy atom. The Labute approximate surface area is 129 Å². The fourth-order valence-corrected chi connectivity index (χ4v) is 1.63. The molecule has 0 saturated carbocycles. The highest BCUT2D eigenvalue weighted by molar-refractivity contribution is 6.33. The number of hydrogen-bond acceptors (Lipinski definition) is 5. The van der Waals surface area contributed by atoms with E-state index in [0.29, 0.717) is 35.5 Å². The van der Waals surface area contributed by atoms with Gasteiger partial charge in [-0.1, -0.05) is 18.5 Å². The summed E-state index contributed by atoms with van der Waals surface area (Å²) in [5, 5.41) is 10.4. The standard InChI is InChI=1S/C13H19ClN2O2.CH2O2/c1-3-9(2)16-6-7-18-13(17)11-5-4-10(15)8-12(11)14;2-1-3/h4-5,8-9,16H,3,6-7,15H2,1-2H3;1H,(H,2,3). The summed E-state index contributed by atoms with van der Waals surface area (Å²) in [4.78, 5) is 20.1. The maximum atomic E-state index is 11.7. The number of carboxylic acid groups (broad SMARTS) is 1. The van der Waals surface area contributed by atoms with Crippen LogP contribution in [0.4, 0.5) is 5.69 Å². The van der Waals surface area contributed by atoms with Crippen LogP contribution in [0.2, 0.25) is 5.02 Å². The van der Waals surface area contributed by atoms with Crippen LogP contribution in [0.3, 0.4) is 0 Å². The Kier molecular flexibility index (Phi) is 10.0. The van der Waals surface area contributed by atoms with Gasteiger partial charge in [0.15, 0.2) is 0 Å². The number of esters is 1. The van der Waals surface area contributed by atoms with Crippen molar-refractivity contribution in [1.82, 2.24) is 5.32 Å². The molecule has 0 aliphatic carbocycles. The number of ether oxygens (including phenoxy) is 1. The van der Waals surface area contributed by atoms with Gasteiger partial charge in [-0.25, -0.2) is 4.79 Å². The molecule has 1 atom stereocenters. The van der Waals surface area contributed by atoms with Crippen LogP contribution in [0.15, 0.2) is 18.2 Å². The summed E-state index contributed by atoms with van der Waals surface area (Å²) < 4.78 is 5.12. The third kappa shape index (κ3) is 8.16. The number of benzene rings is 1. The molecule has 1 aromatic carbocycles. The Morgan fingerprint density at radius 1 is 1.57 bits per heavy atom. The van der Waals surface area contributed by atoms with Crippen LogP contribution >= 0.6 is 11.6 Å². The molecule has 0 radical (unpaired) electrons. The van der Waals surface area contributed by atoms with Crippen LogP contribution in [0.5, 0.6) is 0 Å². The maximum Gasteiger partial charge on any atom is 0.339 e. The predicted octanol–water partition coefficient (Wildman–Crippen LogP) is 2.17. The van der Waals surface area contributed by atoms with Gasteiger partial charge in [-0.2, -0.15) is 0 Å². The molecule has 21 heavy (non-hydrogen) atoms. The van der Waals surface area contributed by atoms with E-state index in [1.54, 1.807) is 12.1 Å². The van der Waals surface area contributed by atoms with Crippen molar-refractivity contribution < 1.29 is 19.4 Å². The zero-order valence-corrected chi connectivity index (χ0v) is 12.9. The van der Waals surface area contributed by atoms with Crippen LogP contribution in [-0.4, -0.2) is 36.7 Å². The molecular formula is C14H21ClN2O4. The number of nitrogens with two attached hydrogens (primary N) is 1. The van der Waals surface area contributed by atoms with Gasteiger partial charge in [0.05, 0.1) is 10.6 Å². The van der Waals surface area contributed by atoms with Gasteiger partial charge >= 0.3 is 5.97 Å². The van der Waals surface area contributed by atoms with Crippen LogP contribution < -0.4 is 11.1 Å². The Bertz CT molecular complexity index is 455. The van der Waals surface area contributed by atoms with Gasteiger partial charge < -0.3 is 20.9 Å². The number of anilines is 1. The Hall–Kier alpha value is -1.79. The van der Waals surface area contributed by atoms with E-state index in [0.717, 1.165) is 6.42 Å². The first-order chi connectivity index (χ1) is 9.96. The van der Waals surface area contributed by atoms with E-state index in [-0.39, 0.29) is 6.47 Å². The number of halogens is 1. The van der Waals surface area contributed by atoms with Crippen molar-refractivity contribution in [2.24, 2.45) is 0 Å². The lowest BCUT2D eigenvalue weighted by Gasteiger charge is -2.11. The second kappa shape index (κ2) is 10.9. The molecule has 7 heteroatoms. The third-order valence-electron chi connectivity index (χ3n) is 2.65. The molecule has 4 N–H and O–H groups in total. The highest BCUT2D eigenvalue weighted by atomic mass is 35.5. The lowest BCUT2D eigenvalue weighted by molar-refractivity contribution is -0.122. The van der Waals surface area contributed by atoms with Crippen molar-refractivity contribution in [2.75, 3.05) is 18.9 Å². The SMILES string of the molecule is CCC(C)NCCOC(=O)c1ccc(N)cc1Cl.O=CO. The van der Waals surface area contributed by atoms with Crippen molar-refractivity contribution in [3.05, 3.63) is 28.8 Å². The largest absolute Gasteiger partial charge is 0.483 e. The zero-order valence-electron chi connectivity index (χ0n) is 12.1. The summed E-state index contributed by atoms with van der Waals surface area (Å²) in [5.41, 5.74) is 6.42. The minimum absolute atomic E-state index is 0.250. The highest BCUT2D eigenvalue weighted by Crippen LogP contribution is 2.19. The maximum absolute atomic E-state index is 11.7. The number of nitrogen functional groups attached to an aromatic ring is 1. The van der Waals surface area contributed by atoms with Crippen LogP contribution in [0.25, 0.3) is 0 Å². The second-order valence-corrected chi connectivity index (χ2v) is 4.65. The predicted molar refractivity (Wildman–Crippen MR) is 82.6 cm³/mol. The summed E-state index contributed by atoms with van der Waals surface area (Å²) in [6.07, 6.45) is 1.04. The first-order valence-electron chi connectivity index (χ1n) is 6.49. The number of rotatable bonds is 6. The van der Waals surface area contributed by atoms with Crippen LogP contribution in [0.1, 0.15) is 30.6 Å². The Morgan fingerprint density at radius 3 is 2.71 bits per heavy atom. The van der Waals surface area contributed by atoms with Gasteiger partial charge in [0, 0.05) is 18.3 Å². The van der Waals surface area contributed by atoms with Crippen LogP contribution in [-0.2, 0) is 9.53 Å². The molecule has 6 nitrogen and oxygen atoms in total. The quantitative estimate of drug-likeness (QED) is 0.322. The van der Waals surface area contributed by atoms with E-state index < -0.39 is 5.97 Å². The molecule has 0 spiro atoms. The first-order valence-corrected chi connectivity index (χ1v) is 6.87. The Balaban J connectivity index is 0.00000122. The van der Waals surface area contributed by atoms with Gasteiger partial charge in [-0.3, -0.25) is 4.79 Å². The van der Waals surface area contributed by atoms with E-state index in [2.05, 4.69) is 19.2 Å². The molecule has 118 valence electrons. The van der Waals surface area contributed by atoms with E-state index in [9.17, 15) is 4.79 Å². The van der Waals surface area contributed by atoms with Crippen molar-refractivity contribution in [2.45, 2.75) is 26.3 Å². The summed E-state index contributed by atoms with van der Waals surface area (Å²) in [5.74, 6) is -0.425. The molecule has 0 aliphatic rings. The molecule has 0 aromatic heterocycles. The minimum atomic E-state index is -0.425. The normalized spacial score (nSPS) is 11.0. The minimum Gasteiger partial charge on any atom is -0.483 e. The molecule has 0 saturated heterocycles. The van der Waals surface area contributed by atoms with Crippen molar-refractivity contribution >= 4 is 29.7 Å². The fourth-order valence-electron chi connectivity index (χ4n) is 1.37. The van der Waals surface area contributed by atoms with Gasteiger partial charge in [-0.05, 0) is 31.5 Å². The molecule has 0 bridgehead atoms. The number of carbonyl (C=O) groups is 2. The molecule has 1 aromatic rings. The van der Waals surface area contributed by atoms with Crippen LogP contribution in [0, 0.1) is 0 Å². The van der Waals surface area contributed by atoms with Crippen molar-refractivity contribution in [1.29, 1.82) is 0 Å². The van der Waals surface area contributed by atoms with Gasteiger partial charge in [0.2, 0.25) is 0 Å². The third-order valence-corrected chi connectivity index (χ3v) is 2.97. The number of hydrogen-bond donors (Lipinski definition) is 3. The number of nitrogens with one attached hydrogen (secondary N) is 1. The summed E-state index contributed by atoms with van der Waals surface area (Å²) in [7, 11) is 0. The van der Waals surface area contributed by atoms with Gasteiger partial charge in [-0.15, -0.1) is 0 Å².